The number of halogens is 3. The van der Waals surface area contributed by atoms with Crippen LogP contribution in [0.5, 0.6) is 0 Å². The van der Waals surface area contributed by atoms with E-state index in [0.29, 0.717) is 11.6 Å². The normalized spacial score (nSPS) is 18.2. The molecule has 0 spiro atoms. The standard InChI is InChI=1S/C15H13N2.C5H5ClN.2ClH.Pd/c1-3-7-14(8-4-1)16-11-12-17(13-16)15-9-5-2-6-10-15;6-5-2-1-3-7-4-5;;;/h1-13H;1-2,4H,3H2;2*1H;/q;-1;;;+3/p-2. The predicted octanol–water partition coefficient (Wildman–Crippen LogP) is 6.10. The summed E-state index contributed by atoms with van der Waals surface area (Å²) in [6.07, 6.45) is 9.78. The summed E-state index contributed by atoms with van der Waals surface area (Å²) < 4.78 is 1.76. The molecule has 4 rings (SSSR count). The number of anilines is 2. The van der Waals surface area contributed by atoms with Gasteiger partial charge < -0.3 is 0 Å². The van der Waals surface area contributed by atoms with E-state index < -0.39 is 13.7 Å². The molecule has 0 saturated heterocycles. The number of nitrogens with zero attached hydrogens (tertiary/aromatic N) is 3. The van der Waals surface area contributed by atoms with E-state index >= 15 is 0 Å². The molecule has 0 radical (unpaired) electrons. The fourth-order valence-corrected chi connectivity index (χ4v) is 8.96. The van der Waals surface area contributed by atoms with Crippen molar-refractivity contribution < 1.29 is 13.7 Å². The molecule has 2 aromatic carbocycles. The van der Waals surface area contributed by atoms with E-state index in [1.165, 1.54) is 0 Å². The van der Waals surface area contributed by atoms with Crippen molar-refractivity contribution in [3.8, 4) is 0 Å². The van der Waals surface area contributed by atoms with Gasteiger partial charge in [-0.25, -0.2) is 0 Å². The molecule has 0 saturated carbocycles. The van der Waals surface area contributed by atoms with Crippen LogP contribution in [0.4, 0.5) is 11.4 Å². The molecule has 0 bridgehead atoms. The van der Waals surface area contributed by atoms with Crippen molar-refractivity contribution in [2.24, 2.45) is 0 Å². The molecule has 3 nitrogen and oxygen atoms in total. The van der Waals surface area contributed by atoms with Crippen LogP contribution in [-0.4, -0.2) is 14.7 Å². The molecule has 2 aliphatic rings. The topological polar surface area (TPSA) is 9.72 Å². The molecule has 0 aliphatic carbocycles. The predicted molar refractivity (Wildman–Crippen MR) is 112 cm³/mol. The van der Waals surface area contributed by atoms with Crippen LogP contribution in [0.1, 0.15) is 0 Å². The van der Waals surface area contributed by atoms with Crippen molar-refractivity contribution >= 4 is 42.0 Å². The minimum absolute atomic E-state index is 0.241. The first-order valence-corrected chi connectivity index (χ1v) is 14.3. The Balaban J connectivity index is 1.76. The molecule has 0 atom stereocenters. The third kappa shape index (κ3) is 3.78. The van der Waals surface area contributed by atoms with E-state index in [1.54, 1.807) is 0 Å². The fourth-order valence-electron chi connectivity index (χ4n) is 2.93. The maximum absolute atomic E-state index is 7.16. The first-order valence-electron chi connectivity index (χ1n) is 8.28. The number of benzene rings is 2. The molecule has 0 amide bonds. The molecule has 2 aliphatic heterocycles. The second kappa shape index (κ2) is 7.91. The maximum atomic E-state index is 7.16. The van der Waals surface area contributed by atoms with Gasteiger partial charge in [-0.2, -0.15) is 0 Å². The van der Waals surface area contributed by atoms with Crippen LogP contribution in [0.3, 0.4) is 0 Å². The van der Waals surface area contributed by atoms with Crippen LogP contribution in [0.2, 0.25) is 0 Å². The van der Waals surface area contributed by atoms with E-state index in [4.69, 9.17) is 30.7 Å². The van der Waals surface area contributed by atoms with Crippen LogP contribution in [0, 0.1) is 0 Å². The molecule has 0 fully saturated rings. The molecule has 27 heavy (non-hydrogen) atoms. The zero-order valence-corrected chi connectivity index (χ0v) is 18.1. The second-order valence-corrected chi connectivity index (χ2v) is 14.9. The van der Waals surface area contributed by atoms with Crippen LogP contribution < -0.4 is 9.80 Å². The van der Waals surface area contributed by atoms with Gasteiger partial charge in [0.15, 0.2) is 0 Å². The zero-order valence-electron chi connectivity index (χ0n) is 14.2. The Labute approximate surface area is 176 Å². The van der Waals surface area contributed by atoms with Gasteiger partial charge in [-0.3, -0.25) is 0 Å². The van der Waals surface area contributed by atoms with E-state index in [1.807, 2.05) is 70.7 Å². The van der Waals surface area contributed by atoms with E-state index in [9.17, 15) is 0 Å². The molecule has 0 N–H and O–H groups in total. The van der Waals surface area contributed by atoms with Gasteiger partial charge in [-0.15, -0.1) is 0 Å². The third-order valence-electron chi connectivity index (χ3n) is 4.16. The third-order valence-corrected chi connectivity index (χ3v) is 11.0. The van der Waals surface area contributed by atoms with Crippen LogP contribution in [0.25, 0.3) is 0 Å². The number of allylic oxidation sites excluding steroid dienone is 2. The second-order valence-electron chi connectivity index (χ2n) is 5.90. The van der Waals surface area contributed by atoms with Gasteiger partial charge in [0.25, 0.3) is 0 Å². The van der Waals surface area contributed by atoms with Gasteiger partial charge >= 0.3 is 177 Å². The summed E-state index contributed by atoms with van der Waals surface area (Å²) in [5, 5.41) is 0.630. The minimum atomic E-state index is -3.19. The van der Waals surface area contributed by atoms with Crippen molar-refractivity contribution in [1.82, 2.24) is 3.53 Å². The first-order chi connectivity index (χ1) is 13.1. The van der Waals surface area contributed by atoms with Crippen LogP contribution in [0.15, 0.2) is 96.4 Å². The van der Waals surface area contributed by atoms with Crippen molar-refractivity contribution in [3.05, 3.63) is 96.4 Å². The Morgan fingerprint density at radius 3 is 1.81 bits per heavy atom. The molecule has 7 heteroatoms. The summed E-state index contributed by atoms with van der Waals surface area (Å²) in [5.41, 5.74) is 2.09. The first kappa shape index (κ1) is 18.9. The molecule has 2 aromatic rings. The van der Waals surface area contributed by atoms with Gasteiger partial charge in [0.1, 0.15) is 0 Å². The van der Waals surface area contributed by atoms with Crippen molar-refractivity contribution in [2.75, 3.05) is 16.3 Å². The molecule has 2 heterocycles. The number of para-hydroxylation sites is 2. The number of rotatable bonds is 4. The van der Waals surface area contributed by atoms with Gasteiger partial charge in [0.05, 0.1) is 0 Å². The van der Waals surface area contributed by atoms with Gasteiger partial charge in [-0.1, -0.05) is 0 Å². The molecule has 144 valence electrons. The van der Waals surface area contributed by atoms with Crippen LogP contribution >= 0.6 is 30.7 Å². The van der Waals surface area contributed by atoms with Gasteiger partial charge in [0.2, 0.25) is 0 Å². The van der Waals surface area contributed by atoms with Crippen molar-refractivity contribution in [1.29, 1.82) is 0 Å². The Bertz CT molecular complexity index is 834. The van der Waals surface area contributed by atoms with E-state index in [0.717, 1.165) is 11.4 Å². The molecular weight excluding hydrogens is 495 g/mol. The molecular formula is C20H18Cl3N3Pd. The van der Waals surface area contributed by atoms with Crippen LogP contribution in [-0.2, 0) is 13.7 Å². The van der Waals surface area contributed by atoms with Gasteiger partial charge in [0, 0.05) is 0 Å². The average molecular weight is 513 g/mol. The average Bonchev–Trinajstić information content (AvgIpc) is 3.15. The zero-order chi connectivity index (χ0) is 18.9. The summed E-state index contributed by atoms with van der Waals surface area (Å²) in [7, 11) is 14.3. The Morgan fingerprint density at radius 1 is 0.815 bits per heavy atom. The summed E-state index contributed by atoms with van der Waals surface area (Å²) in [6, 6.07) is 20.3. The quantitative estimate of drug-likeness (QED) is 0.458. The Kier molecular flexibility index (Phi) is 5.55. The summed E-state index contributed by atoms with van der Waals surface area (Å²) in [5.74, 6) is 0. The fraction of sp³-hybridized carbons (Fsp3) is 0.100. The number of hydrogen-bond donors (Lipinski definition) is 0. The Hall–Kier alpha value is -1.41. The van der Waals surface area contributed by atoms with E-state index in [-0.39, 0.29) is 4.64 Å². The van der Waals surface area contributed by atoms with E-state index in [2.05, 4.69) is 34.1 Å². The summed E-state index contributed by atoms with van der Waals surface area (Å²) in [6.45, 7) is 0.641. The van der Waals surface area contributed by atoms with Crippen molar-refractivity contribution in [2.45, 2.75) is 4.64 Å². The molecule has 0 aromatic heterocycles. The molecule has 0 unspecified atom stereocenters. The SMILES string of the molecule is ClC1=C[N]([Pd]([Cl])([Cl])[CH]2N(c3ccccc3)C=CN2c2ccccc2)CC=C1. The van der Waals surface area contributed by atoms with Crippen molar-refractivity contribution in [3.63, 3.8) is 0 Å². The van der Waals surface area contributed by atoms with Gasteiger partial charge in [-0.05, 0) is 0 Å². The monoisotopic (exact) mass is 511 g/mol. The Morgan fingerprint density at radius 2 is 1.33 bits per heavy atom. The summed E-state index contributed by atoms with van der Waals surface area (Å²) in [4.78, 5) is 4.29. The number of hydrogen-bond acceptors (Lipinski definition) is 3. The summed E-state index contributed by atoms with van der Waals surface area (Å²) >= 11 is 3.04.